The molecule has 204 valence electrons. The highest BCUT2D eigenvalue weighted by atomic mass is 35.5. The minimum absolute atomic E-state index is 0.0374. The summed E-state index contributed by atoms with van der Waals surface area (Å²) in [5.41, 5.74) is -0.556. The Bertz CT molecular complexity index is 1050. The molecule has 0 aromatic heterocycles. The largest absolute Gasteiger partial charge is 0.495 e. The Morgan fingerprint density at radius 1 is 1.38 bits per heavy atom. The van der Waals surface area contributed by atoms with Crippen LogP contribution in [-0.2, 0) is 25.4 Å². The van der Waals surface area contributed by atoms with Gasteiger partial charge in [-0.05, 0) is 38.0 Å². The number of aliphatic hydroxyl groups excluding tert-OH is 1. The van der Waals surface area contributed by atoms with Crippen molar-refractivity contribution in [3.8, 4) is 5.75 Å². The van der Waals surface area contributed by atoms with Crippen LogP contribution in [0.4, 0.5) is 4.79 Å². The molecule has 10 heteroatoms. The summed E-state index contributed by atoms with van der Waals surface area (Å²) in [5.74, 6) is 0.266. The van der Waals surface area contributed by atoms with Crippen LogP contribution in [-0.4, -0.2) is 72.6 Å². The molecule has 0 saturated carbocycles. The van der Waals surface area contributed by atoms with Crippen LogP contribution in [0, 0.1) is 5.92 Å². The Labute approximate surface area is 222 Å². The van der Waals surface area contributed by atoms with Crippen molar-refractivity contribution in [3.05, 3.63) is 52.6 Å². The fourth-order valence-electron chi connectivity index (χ4n) is 4.83. The van der Waals surface area contributed by atoms with Gasteiger partial charge < -0.3 is 34.0 Å². The molecule has 0 radical (unpaired) electrons. The van der Waals surface area contributed by atoms with Crippen LogP contribution in [0.15, 0.2) is 42.0 Å². The first kappa shape index (κ1) is 29.1. The molecular formula is C27H36ClNO8. The predicted molar refractivity (Wildman–Crippen MR) is 138 cm³/mol. The zero-order valence-corrected chi connectivity index (χ0v) is 22.5. The molecular weight excluding hydrogens is 502 g/mol. The van der Waals surface area contributed by atoms with Gasteiger partial charge in [0.05, 0.1) is 24.3 Å². The maximum absolute atomic E-state index is 12.4. The normalized spacial score (nSPS) is 30.3. The van der Waals surface area contributed by atoms with Gasteiger partial charge in [-0.25, -0.2) is 4.79 Å². The van der Waals surface area contributed by atoms with Crippen LogP contribution in [0.5, 0.6) is 5.75 Å². The van der Waals surface area contributed by atoms with Crippen molar-refractivity contribution in [3.63, 3.8) is 0 Å². The number of cyclic esters (lactones) is 1. The standard InChI is InChI=1S/C27H36ClNO8/c1-16(13-18-9-10-19(28)20(14-18)34-4)7-6-8-23(35-5)27(33)15-21(36-25(32)29-27)17(2)24-26(3,37-24)22(31)11-12-30/h6-10,12,14,17,21-24,31,33H,11,13,15H2,1-5H3,(H,29,32)/b8-6+,16-7+. The molecule has 37 heavy (non-hydrogen) atoms. The topological polar surface area (TPSA) is 127 Å². The molecule has 3 N–H and O–H groups in total. The molecule has 0 bridgehead atoms. The summed E-state index contributed by atoms with van der Waals surface area (Å²) in [6.45, 7) is 5.51. The molecule has 0 aliphatic carbocycles. The molecule has 1 aromatic carbocycles. The first-order chi connectivity index (χ1) is 17.5. The Kier molecular flexibility index (Phi) is 9.42. The zero-order chi connectivity index (χ0) is 27.4. The second-order valence-corrected chi connectivity index (χ2v) is 10.3. The summed E-state index contributed by atoms with van der Waals surface area (Å²) in [4.78, 5) is 23.2. The summed E-state index contributed by atoms with van der Waals surface area (Å²) >= 11 is 6.10. The number of benzene rings is 1. The minimum Gasteiger partial charge on any atom is -0.495 e. The monoisotopic (exact) mass is 537 g/mol. The van der Waals surface area contributed by atoms with Crippen molar-refractivity contribution >= 4 is 24.0 Å². The summed E-state index contributed by atoms with van der Waals surface area (Å²) in [6.07, 6.45) is 2.90. The van der Waals surface area contributed by atoms with Gasteiger partial charge in [-0.1, -0.05) is 48.4 Å². The van der Waals surface area contributed by atoms with Gasteiger partial charge >= 0.3 is 6.09 Å². The number of allylic oxidation sites excluding steroid dienone is 3. The van der Waals surface area contributed by atoms with E-state index in [0.29, 0.717) is 23.5 Å². The van der Waals surface area contributed by atoms with Crippen LogP contribution < -0.4 is 10.1 Å². The lowest BCUT2D eigenvalue weighted by Gasteiger charge is -2.42. The minimum atomic E-state index is -1.72. The third-order valence-electron chi connectivity index (χ3n) is 7.11. The van der Waals surface area contributed by atoms with E-state index in [0.717, 1.165) is 11.1 Å². The summed E-state index contributed by atoms with van der Waals surface area (Å²) in [6, 6.07) is 5.60. The third-order valence-corrected chi connectivity index (χ3v) is 7.43. The highest BCUT2D eigenvalue weighted by Gasteiger charge is 2.62. The molecule has 2 aliphatic heterocycles. The van der Waals surface area contributed by atoms with Gasteiger partial charge in [-0.2, -0.15) is 0 Å². The van der Waals surface area contributed by atoms with Crippen molar-refractivity contribution in [2.75, 3.05) is 14.2 Å². The van der Waals surface area contributed by atoms with Gasteiger partial charge in [0.2, 0.25) is 0 Å². The van der Waals surface area contributed by atoms with Crippen molar-refractivity contribution in [2.45, 2.75) is 75.8 Å². The number of epoxide rings is 1. The van der Waals surface area contributed by atoms with Crippen molar-refractivity contribution < 1.29 is 38.7 Å². The molecule has 2 aliphatic rings. The predicted octanol–water partition coefficient (Wildman–Crippen LogP) is 3.34. The second kappa shape index (κ2) is 12.0. The number of carbonyl (C=O) groups is 2. The number of rotatable bonds is 12. The van der Waals surface area contributed by atoms with E-state index in [9.17, 15) is 19.8 Å². The number of hydrogen-bond donors (Lipinski definition) is 3. The maximum atomic E-state index is 12.4. The Hall–Kier alpha value is -2.43. The smallest absolute Gasteiger partial charge is 0.409 e. The highest BCUT2D eigenvalue weighted by molar-refractivity contribution is 6.32. The third kappa shape index (κ3) is 6.72. The van der Waals surface area contributed by atoms with Crippen molar-refractivity contribution in [1.82, 2.24) is 5.32 Å². The molecule has 2 heterocycles. The fourth-order valence-corrected chi connectivity index (χ4v) is 5.02. The molecule has 2 fully saturated rings. The SMILES string of the molecule is COc1cc(C/C(C)=C/C=C/C(OC)C2(O)CC(C(C)C3OC3(C)C(O)CC=O)OC(=O)N2)ccc1Cl. The van der Waals surface area contributed by atoms with E-state index in [-0.39, 0.29) is 18.8 Å². The number of methoxy groups -OCH3 is 2. The average Bonchev–Trinajstić information content (AvgIpc) is 3.54. The summed E-state index contributed by atoms with van der Waals surface area (Å²) in [7, 11) is 3.01. The quantitative estimate of drug-likeness (QED) is 0.210. The van der Waals surface area contributed by atoms with E-state index in [1.807, 2.05) is 32.1 Å². The van der Waals surface area contributed by atoms with Crippen molar-refractivity contribution in [2.24, 2.45) is 5.92 Å². The molecule has 0 spiro atoms. The van der Waals surface area contributed by atoms with Gasteiger partial charge in [0.15, 0.2) is 5.72 Å². The van der Waals surface area contributed by atoms with Crippen molar-refractivity contribution in [1.29, 1.82) is 0 Å². The van der Waals surface area contributed by atoms with E-state index in [2.05, 4.69) is 5.32 Å². The van der Waals surface area contributed by atoms with Gasteiger partial charge in [-0.3, -0.25) is 5.32 Å². The number of nitrogens with one attached hydrogen (secondary N) is 1. The van der Waals surface area contributed by atoms with Gasteiger partial charge in [0.25, 0.3) is 0 Å². The lowest BCUT2D eigenvalue weighted by Crippen LogP contribution is -2.63. The first-order valence-electron chi connectivity index (χ1n) is 12.2. The summed E-state index contributed by atoms with van der Waals surface area (Å²) in [5, 5.41) is 24.6. The number of alkyl carbamates (subject to hydrolysis) is 1. The van der Waals surface area contributed by atoms with E-state index < -0.39 is 41.8 Å². The molecule has 1 amide bonds. The first-order valence-corrected chi connectivity index (χ1v) is 12.5. The number of halogens is 1. The lowest BCUT2D eigenvalue weighted by molar-refractivity contribution is -0.142. The van der Waals surface area contributed by atoms with Gasteiger partial charge in [-0.15, -0.1) is 0 Å². The average molecular weight is 538 g/mol. The fraction of sp³-hybridized carbons (Fsp3) is 0.556. The van der Waals surface area contributed by atoms with Gasteiger partial charge in [0.1, 0.15) is 29.8 Å². The van der Waals surface area contributed by atoms with Crippen LogP contribution in [0.25, 0.3) is 0 Å². The maximum Gasteiger partial charge on any atom is 0.409 e. The second-order valence-electron chi connectivity index (χ2n) is 9.90. The van der Waals surface area contributed by atoms with E-state index in [1.54, 1.807) is 32.3 Å². The number of ether oxygens (including phenoxy) is 4. The number of aliphatic hydroxyl groups is 2. The number of carbonyl (C=O) groups excluding carboxylic acids is 2. The molecule has 3 rings (SSSR count). The Morgan fingerprint density at radius 2 is 2.11 bits per heavy atom. The molecule has 2 saturated heterocycles. The zero-order valence-electron chi connectivity index (χ0n) is 21.8. The Balaban J connectivity index is 1.67. The molecule has 1 aromatic rings. The van der Waals surface area contributed by atoms with E-state index in [4.69, 9.17) is 30.5 Å². The number of aldehydes is 1. The van der Waals surface area contributed by atoms with E-state index >= 15 is 0 Å². The van der Waals surface area contributed by atoms with Crippen LogP contribution >= 0.6 is 11.6 Å². The number of amides is 1. The molecule has 7 atom stereocenters. The van der Waals surface area contributed by atoms with E-state index in [1.165, 1.54) is 7.11 Å². The molecule has 9 nitrogen and oxygen atoms in total. The Morgan fingerprint density at radius 3 is 2.76 bits per heavy atom. The number of hydrogen-bond acceptors (Lipinski definition) is 8. The van der Waals surface area contributed by atoms with Crippen LogP contribution in [0.1, 0.15) is 39.2 Å². The van der Waals surface area contributed by atoms with Crippen LogP contribution in [0.3, 0.4) is 0 Å². The van der Waals surface area contributed by atoms with Crippen LogP contribution in [0.2, 0.25) is 5.02 Å². The lowest BCUT2D eigenvalue weighted by atomic mass is 9.84. The molecule has 7 unspecified atom stereocenters. The summed E-state index contributed by atoms with van der Waals surface area (Å²) < 4.78 is 22.0. The highest BCUT2D eigenvalue weighted by Crippen LogP contribution is 2.47. The van der Waals surface area contributed by atoms with Gasteiger partial charge in [0, 0.05) is 25.9 Å².